The zero-order chi connectivity index (χ0) is 14.1. The van der Waals surface area contributed by atoms with E-state index in [1.54, 1.807) is 0 Å². The van der Waals surface area contributed by atoms with E-state index in [-0.39, 0.29) is 12.0 Å². The van der Waals surface area contributed by atoms with Gasteiger partial charge in [0.2, 0.25) is 5.91 Å². The summed E-state index contributed by atoms with van der Waals surface area (Å²) in [4.78, 5) is 11.8. The number of amides is 1. The first-order valence-corrected chi connectivity index (χ1v) is 6.85. The van der Waals surface area contributed by atoms with Crippen molar-refractivity contribution in [3.05, 3.63) is 29.8 Å². The van der Waals surface area contributed by atoms with E-state index in [1.165, 1.54) is 0 Å². The summed E-state index contributed by atoms with van der Waals surface area (Å²) in [5.41, 5.74) is 0.928. The number of hydrogen-bond acceptors (Lipinski definition) is 3. The Bertz CT molecular complexity index is 391. The summed E-state index contributed by atoms with van der Waals surface area (Å²) < 4.78 is 5.70. The molecule has 106 valence electrons. The summed E-state index contributed by atoms with van der Waals surface area (Å²) in [6.07, 6.45) is 0.465. The van der Waals surface area contributed by atoms with E-state index in [0.717, 1.165) is 24.4 Å². The monoisotopic (exact) mass is 264 g/mol. The molecule has 2 N–H and O–H groups in total. The zero-order valence-electron chi connectivity index (χ0n) is 12.0. The maximum Gasteiger partial charge on any atom is 0.224 e. The first-order chi connectivity index (χ1) is 9.13. The van der Waals surface area contributed by atoms with Crippen molar-refractivity contribution in [2.75, 3.05) is 19.6 Å². The molecule has 0 aliphatic heterocycles. The van der Waals surface area contributed by atoms with Crippen LogP contribution in [-0.2, 0) is 11.2 Å². The molecule has 0 fully saturated rings. The number of carbonyl (C=O) groups is 1. The summed E-state index contributed by atoms with van der Waals surface area (Å²) in [5, 5.41) is 6.06. The second kappa shape index (κ2) is 8.53. The second-order valence-corrected chi connectivity index (χ2v) is 4.65. The second-order valence-electron chi connectivity index (χ2n) is 4.65. The van der Waals surface area contributed by atoms with Gasteiger partial charge in [0.25, 0.3) is 0 Å². The SMILES string of the molecule is CCNCCNC(=O)Cc1ccccc1OC(C)C. The maximum absolute atomic E-state index is 11.8. The van der Waals surface area contributed by atoms with Crippen LogP contribution in [0.2, 0.25) is 0 Å². The Kier molecular flexibility index (Phi) is 6.97. The van der Waals surface area contributed by atoms with Crippen LogP contribution >= 0.6 is 0 Å². The van der Waals surface area contributed by atoms with Gasteiger partial charge in [-0.2, -0.15) is 0 Å². The highest BCUT2D eigenvalue weighted by Gasteiger charge is 2.09. The van der Waals surface area contributed by atoms with Gasteiger partial charge < -0.3 is 15.4 Å². The average Bonchev–Trinajstić information content (AvgIpc) is 2.36. The first kappa shape index (κ1) is 15.5. The topological polar surface area (TPSA) is 50.4 Å². The van der Waals surface area contributed by atoms with Crippen molar-refractivity contribution < 1.29 is 9.53 Å². The third-order valence-corrected chi connectivity index (χ3v) is 2.56. The van der Waals surface area contributed by atoms with E-state index >= 15 is 0 Å². The van der Waals surface area contributed by atoms with Gasteiger partial charge in [0.1, 0.15) is 5.75 Å². The van der Waals surface area contributed by atoms with Gasteiger partial charge >= 0.3 is 0 Å². The predicted molar refractivity (Wildman–Crippen MR) is 77.5 cm³/mol. The van der Waals surface area contributed by atoms with Gasteiger partial charge in [-0.15, -0.1) is 0 Å². The van der Waals surface area contributed by atoms with Crippen LogP contribution in [0.5, 0.6) is 5.75 Å². The molecule has 0 aliphatic carbocycles. The Hall–Kier alpha value is -1.55. The number of para-hydroxylation sites is 1. The highest BCUT2D eigenvalue weighted by molar-refractivity contribution is 5.79. The van der Waals surface area contributed by atoms with E-state index in [2.05, 4.69) is 10.6 Å². The van der Waals surface area contributed by atoms with Gasteiger partial charge in [-0.1, -0.05) is 25.1 Å². The van der Waals surface area contributed by atoms with Gasteiger partial charge in [0, 0.05) is 18.7 Å². The Labute approximate surface area is 115 Å². The Morgan fingerprint density at radius 2 is 2.00 bits per heavy atom. The van der Waals surface area contributed by atoms with Crippen molar-refractivity contribution >= 4 is 5.91 Å². The summed E-state index contributed by atoms with van der Waals surface area (Å²) in [6, 6.07) is 7.68. The van der Waals surface area contributed by atoms with Gasteiger partial charge in [0.15, 0.2) is 0 Å². The number of carbonyl (C=O) groups excluding carboxylic acids is 1. The lowest BCUT2D eigenvalue weighted by molar-refractivity contribution is -0.120. The normalized spacial score (nSPS) is 10.5. The summed E-state index contributed by atoms with van der Waals surface area (Å²) in [7, 11) is 0. The standard InChI is InChI=1S/C15H24N2O2/c1-4-16-9-10-17-15(18)11-13-7-5-6-8-14(13)19-12(2)3/h5-8,12,16H,4,9-11H2,1-3H3,(H,17,18). The van der Waals surface area contributed by atoms with Crippen molar-refractivity contribution in [3.8, 4) is 5.75 Å². The third-order valence-electron chi connectivity index (χ3n) is 2.56. The van der Waals surface area contributed by atoms with Crippen molar-refractivity contribution in [3.63, 3.8) is 0 Å². The molecule has 1 aromatic rings. The number of benzene rings is 1. The Morgan fingerprint density at radius 3 is 2.68 bits per heavy atom. The quantitative estimate of drug-likeness (QED) is 0.703. The molecule has 0 atom stereocenters. The van der Waals surface area contributed by atoms with Crippen LogP contribution in [0.4, 0.5) is 0 Å². The fourth-order valence-corrected chi connectivity index (χ4v) is 1.72. The lowest BCUT2D eigenvalue weighted by Gasteiger charge is -2.14. The fourth-order valence-electron chi connectivity index (χ4n) is 1.72. The van der Waals surface area contributed by atoms with Crippen LogP contribution in [0.1, 0.15) is 26.3 Å². The largest absolute Gasteiger partial charge is 0.491 e. The number of nitrogens with one attached hydrogen (secondary N) is 2. The summed E-state index contributed by atoms with van der Waals surface area (Å²) >= 11 is 0. The lowest BCUT2D eigenvalue weighted by atomic mass is 10.1. The molecule has 1 rings (SSSR count). The van der Waals surface area contributed by atoms with Crippen molar-refractivity contribution in [1.82, 2.24) is 10.6 Å². The van der Waals surface area contributed by atoms with Crippen LogP contribution in [0.25, 0.3) is 0 Å². The van der Waals surface area contributed by atoms with Crippen molar-refractivity contribution in [2.24, 2.45) is 0 Å². The van der Waals surface area contributed by atoms with Crippen LogP contribution in [-0.4, -0.2) is 31.6 Å². The number of ether oxygens (including phenoxy) is 1. The zero-order valence-corrected chi connectivity index (χ0v) is 12.0. The third kappa shape index (κ3) is 6.25. The summed E-state index contributed by atoms with van der Waals surface area (Å²) in [5.74, 6) is 0.817. The number of likely N-dealkylation sites (N-methyl/N-ethyl adjacent to an activating group) is 1. The highest BCUT2D eigenvalue weighted by atomic mass is 16.5. The molecule has 0 unspecified atom stereocenters. The van der Waals surface area contributed by atoms with Crippen LogP contribution in [0, 0.1) is 0 Å². The summed E-state index contributed by atoms with van der Waals surface area (Å²) in [6.45, 7) is 8.37. The van der Waals surface area contributed by atoms with Gasteiger partial charge in [-0.05, 0) is 26.5 Å². The van der Waals surface area contributed by atoms with Crippen LogP contribution < -0.4 is 15.4 Å². The molecule has 0 bridgehead atoms. The fraction of sp³-hybridized carbons (Fsp3) is 0.533. The molecule has 0 saturated heterocycles. The van der Waals surface area contributed by atoms with Gasteiger partial charge in [-0.25, -0.2) is 0 Å². The molecule has 4 nitrogen and oxygen atoms in total. The molecular weight excluding hydrogens is 240 g/mol. The molecule has 0 saturated carbocycles. The lowest BCUT2D eigenvalue weighted by Crippen LogP contribution is -2.32. The molecular formula is C15H24N2O2. The van der Waals surface area contributed by atoms with E-state index in [4.69, 9.17) is 4.74 Å². The molecule has 1 amide bonds. The Morgan fingerprint density at radius 1 is 1.26 bits per heavy atom. The maximum atomic E-state index is 11.8. The first-order valence-electron chi connectivity index (χ1n) is 6.85. The minimum Gasteiger partial charge on any atom is -0.491 e. The van der Waals surface area contributed by atoms with E-state index in [0.29, 0.717) is 13.0 Å². The molecule has 4 heteroatoms. The van der Waals surface area contributed by atoms with E-state index < -0.39 is 0 Å². The molecule has 0 aliphatic rings. The van der Waals surface area contributed by atoms with E-state index in [1.807, 2.05) is 45.0 Å². The van der Waals surface area contributed by atoms with Crippen LogP contribution in [0.3, 0.4) is 0 Å². The van der Waals surface area contributed by atoms with E-state index in [9.17, 15) is 4.79 Å². The van der Waals surface area contributed by atoms with Gasteiger partial charge in [-0.3, -0.25) is 4.79 Å². The van der Waals surface area contributed by atoms with Gasteiger partial charge in [0.05, 0.1) is 12.5 Å². The minimum atomic E-state index is 0.0257. The molecule has 0 radical (unpaired) electrons. The molecule has 0 spiro atoms. The van der Waals surface area contributed by atoms with Crippen molar-refractivity contribution in [2.45, 2.75) is 33.3 Å². The number of rotatable bonds is 8. The van der Waals surface area contributed by atoms with Crippen molar-refractivity contribution in [1.29, 1.82) is 0 Å². The molecule has 1 aromatic carbocycles. The Balaban J connectivity index is 2.49. The minimum absolute atomic E-state index is 0.0257. The molecule has 0 aromatic heterocycles. The molecule has 19 heavy (non-hydrogen) atoms. The number of hydrogen-bond donors (Lipinski definition) is 2. The highest BCUT2D eigenvalue weighted by Crippen LogP contribution is 2.19. The smallest absolute Gasteiger partial charge is 0.224 e. The van der Waals surface area contributed by atoms with Crippen LogP contribution in [0.15, 0.2) is 24.3 Å². The predicted octanol–water partition coefficient (Wildman–Crippen LogP) is 1.74. The average molecular weight is 264 g/mol. The molecule has 0 heterocycles.